The van der Waals surface area contributed by atoms with Crippen LogP contribution in [0.15, 0.2) is 6.20 Å². The van der Waals surface area contributed by atoms with Crippen LogP contribution in [0.3, 0.4) is 0 Å². The lowest BCUT2D eigenvalue weighted by Gasteiger charge is -2.33. The number of aryl methyl sites for hydroxylation is 1. The minimum absolute atomic E-state index is 0.183. The van der Waals surface area contributed by atoms with Gasteiger partial charge in [-0.3, -0.25) is 0 Å². The highest BCUT2D eigenvalue weighted by Crippen LogP contribution is 2.19. The Balaban J connectivity index is 1.65. The second-order valence-electron chi connectivity index (χ2n) is 6.91. The number of carbonyl (C=O) groups excluding carboxylic acids is 1. The number of piperidine rings is 1. The van der Waals surface area contributed by atoms with Crippen LogP contribution in [0.2, 0.25) is 0 Å². The number of hydrogen-bond acceptors (Lipinski definition) is 5. The fraction of sp³-hybridized carbons (Fsp3) is 0.750. The molecule has 2 heterocycles. The van der Waals surface area contributed by atoms with Crippen LogP contribution in [0.25, 0.3) is 0 Å². The molecule has 0 bridgehead atoms. The number of ether oxygens (including phenoxy) is 1. The van der Waals surface area contributed by atoms with Gasteiger partial charge in [-0.05, 0) is 53.0 Å². The first kappa shape index (κ1) is 17.2. The molecule has 0 saturated carbocycles. The summed E-state index contributed by atoms with van der Waals surface area (Å²) < 4.78 is 5.42. The van der Waals surface area contributed by atoms with Crippen LogP contribution >= 0.6 is 11.3 Å². The van der Waals surface area contributed by atoms with Crippen LogP contribution in [0.1, 0.15) is 43.5 Å². The number of hydrogen-bond donors (Lipinski definition) is 1. The van der Waals surface area contributed by atoms with Crippen LogP contribution in [0.4, 0.5) is 4.79 Å². The molecular weight excluding hydrogens is 298 g/mol. The first-order chi connectivity index (χ1) is 10.3. The minimum atomic E-state index is -0.415. The molecule has 1 fully saturated rings. The molecule has 6 heteroatoms. The molecule has 2 rings (SSSR count). The molecule has 1 saturated heterocycles. The lowest BCUT2D eigenvalue weighted by molar-refractivity contribution is 0.0184. The molecule has 1 aliphatic heterocycles. The van der Waals surface area contributed by atoms with Gasteiger partial charge in [0.05, 0.1) is 0 Å². The third kappa shape index (κ3) is 5.57. The Kier molecular flexibility index (Phi) is 5.81. The number of aromatic nitrogens is 1. The SMILES string of the molecule is Cc1cnc(CNCC2CCN(C(=O)OC(C)(C)C)CC2)s1. The molecule has 1 N–H and O–H groups in total. The smallest absolute Gasteiger partial charge is 0.410 e. The van der Waals surface area contributed by atoms with Crippen molar-refractivity contribution >= 4 is 17.4 Å². The van der Waals surface area contributed by atoms with Crippen LogP contribution in [-0.2, 0) is 11.3 Å². The second kappa shape index (κ2) is 7.42. The zero-order valence-corrected chi connectivity index (χ0v) is 14.8. The van der Waals surface area contributed by atoms with E-state index in [1.165, 1.54) is 4.88 Å². The predicted octanol–water partition coefficient (Wildman–Crippen LogP) is 3.19. The molecule has 0 aliphatic carbocycles. The van der Waals surface area contributed by atoms with Gasteiger partial charge >= 0.3 is 6.09 Å². The molecular formula is C16H27N3O2S. The van der Waals surface area contributed by atoms with Crippen molar-refractivity contribution in [3.05, 3.63) is 16.1 Å². The monoisotopic (exact) mass is 325 g/mol. The lowest BCUT2D eigenvalue weighted by atomic mass is 9.97. The van der Waals surface area contributed by atoms with E-state index in [0.29, 0.717) is 5.92 Å². The van der Waals surface area contributed by atoms with E-state index in [9.17, 15) is 4.79 Å². The van der Waals surface area contributed by atoms with Gasteiger partial charge in [-0.25, -0.2) is 9.78 Å². The summed E-state index contributed by atoms with van der Waals surface area (Å²) in [5, 5.41) is 4.62. The number of carbonyl (C=O) groups is 1. The summed E-state index contributed by atoms with van der Waals surface area (Å²) in [6.07, 6.45) is 3.80. The zero-order chi connectivity index (χ0) is 16.2. The van der Waals surface area contributed by atoms with E-state index in [4.69, 9.17) is 4.74 Å². The van der Waals surface area contributed by atoms with Crippen molar-refractivity contribution in [1.82, 2.24) is 15.2 Å². The van der Waals surface area contributed by atoms with Crippen LogP contribution in [0.5, 0.6) is 0 Å². The summed E-state index contributed by atoms with van der Waals surface area (Å²) in [6, 6.07) is 0. The Hall–Kier alpha value is -1.14. The minimum Gasteiger partial charge on any atom is -0.444 e. The van der Waals surface area contributed by atoms with Crippen molar-refractivity contribution in [3.63, 3.8) is 0 Å². The van der Waals surface area contributed by atoms with Gasteiger partial charge in [-0.1, -0.05) is 0 Å². The predicted molar refractivity (Wildman–Crippen MR) is 89.1 cm³/mol. The third-order valence-electron chi connectivity index (χ3n) is 3.64. The summed E-state index contributed by atoms with van der Waals surface area (Å²) >= 11 is 1.74. The number of likely N-dealkylation sites (tertiary alicyclic amines) is 1. The fourth-order valence-electron chi connectivity index (χ4n) is 2.51. The first-order valence-electron chi connectivity index (χ1n) is 7.93. The zero-order valence-electron chi connectivity index (χ0n) is 14.0. The molecule has 0 radical (unpaired) electrons. The maximum atomic E-state index is 12.0. The third-order valence-corrected chi connectivity index (χ3v) is 4.56. The highest BCUT2D eigenvalue weighted by molar-refractivity contribution is 7.11. The molecule has 1 aromatic rings. The summed E-state index contributed by atoms with van der Waals surface area (Å²) in [5.74, 6) is 0.625. The normalized spacial score (nSPS) is 16.8. The van der Waals surface area contributed by atoms with Crippen molar-refractivity contribution < 1.29 is 9.53 Å². The van der Waals surface area contributed by atoms with Crippen molar-refractivity contribution in [2.75, 3.05) is 19.6 Å². The van der Waals surface area contributed by atoms with E-state index >= 15 is 0 Å². The number of amides is 1. The standard InChI is InChI=1S/C16H27N3O2S/c1-12-9-18-14(22-12)11-17-10-13-5-7-19(8-6-13)15(20)21-16(2,3)4/h9,13,17H,5-8,10-11H2,1-4H3. The lowest BCUT2D eigenvalue weighted by Crippen LogP contribution is -2.43. The van der Waals surface area contributed by atoms with E-state index in [1.807, 2.05) is 31.9 Å². The van der Waals surface area contributed by atoms with Gasteiger partial charge in [0, 0.05) is 30.7 Å². The Morgan fingerprint density at radius 2 is 2.14 bits per heavy atom. The molecule has 1 aliphatic rings. The summed E-state index contributed by atoms with van der Waals surface area (Å²) in [4.78, 5) is 19.4. The van der Waals surface area contributed by atoms with Gasteiger partial charge in [0.2, 0.25) is 0 Å². The molecule has 0 spiro atoms. The maximum Gasteiger partial charge on any atom is 0.410 e. The van der Waals surface area contributed by atoms with Gasteiger partial charge in [-0.15, -0.1) is 11.3 Å². The number of thiazole rings is 1. The number of rotatable bonds is 4. The Bertz CT molecular complexity index is 488. The Labute approximate surface area is 137 Å². The highest BCUT2D eigenvalue weighted by atomic mass is 32.1. The number of nitrogens with one attached hydrogen (secondary N) is 1. The topological polar surface area (TPSA) is 54.5 Å². The fourth-order valence-corrected chi connectivity index (χ4v) is 3.27. The van der Waals surface area contributed by atoms with Crippen LogP contribution in [-0.4, -0.2) is 41.2 Å². The maximum absolute atomic E-state index is 12.0. The molecule has 0 atom stereocenters. The summed E-state index contributed by atoms with van der Waals surface area (Å²) in [7, 11) is 0. The van der Waals surface area contributed by atoms with Crippen molar-refractivity contribution in [3.8, 4) is 0 Å². The van der Waals surface area contributed by atoms with E-state index in [-0.39, 0.29) is 6.09 Å². The second-order valence-corrected chi connectivity index (χ2v) is 8.23. The molecule has 1 amide bonds. The average molecular weight is 325 g/mol. The molecule has 22 heavy (non-hydrogen) atoms. The molecule has 5 nitrogen and oxygen atoms in total. The Morgan fingerprint density at radius 1 is 1.45 bits per heavy atom. The molecule has 0 aromatic carbocycles. The van der Waals surface area contributed by atoms with Crippen LogP contribution < -0.4 is 5.32 Å². The van der Waals surface area contributed by atoms with E-state index in [1.54, 1.807) is 11.3 Å². The van der Waals surface area contributed by atoms with Gasteiger partial charge in [0.25, 0.3) is 0 Å². The highest BCUT2D eigenvalue weighted by Gasteiger charge is 2.26. The quantitative estimate of drug-likeness (QED) is 0.924. The van der Waals surface area contributed by atoms with Crippen LogP contribution in [0, 0.1) is 12.8 Å². The molecule has 1 aromatic heterocycles. The van der Waals surface area contributed by atoms with E-state index < -0.39 is 5.60 Å². The molecule has 0 unspecified atom stereocenters. The van der Waals surface area contributed by atoms with Crippen molar-refractivity contribution in [2.24, 2.45) is 5.92 Å². The summed E-state index contributed by atoms with van der Waals surface area (Å²) in [6.45, 7) is 11.2. The van der Waals surface area contributed by atoms with E-state index in [0.717, 1.165) is 44.0 Å². The van der Waals surface area contributed by atoms with Gasteiger partial charge in [-0.2, -0.15) is 0 Å². The first-order valence-corrected chi connectivity index (χ1v) is 8.75. The van der Waals surface area contributed by atoms with Gasteiger partial charge in [0.1, 0.15) is 10.6 Å². The summed E-state index contributed by atoms with van der Waals surface area (Å²) in [5.41, 5.74) is -0.415. The number of nitrogens with zero attached hydrogens (tertiary/aromatic N) is 2. The average Bonchev–Trinajstić information content (AvgIpc) is 2.83. The van der Waals surface area contributed by atoms with Gasteiger partial charge in [0.15, 0.2) is 0 Å². The van der Waals surface area contributed by atoms with Gasteiger partial charge < -0.3 is 15.0 Å². The van der Waals surface area contributed by atoms with Crippen molar-refractivity contribution in [2.45, 2.75) is 52.7 Å². The molecule has 124 valence electrons. The van der Waals surface area contributed by atoms with Crippen molar-refractivity contribution in [1.29, 1.82) is 0 Å². The Morgan fingerprint density at radius 3 is 2.68 bits per heavy atom. The van der Waals surface area contributed by atoms with E-state index in [2.05, 4.69) is 17.2 Å². The largest absolute Gasteiger partial charge is 0.444 e.